The number of ether oxygens (including phenoxy) is 1. The molecule has 0 aromatic heterocycles. The number of amides is 1. The molecular weight excluding hydrogens is 206 g/mol. The second-order valence-electron chi connectivity index (χ2n) is 4.84. The molecule has 0 aliphatic carbocycles. The lowest BCUT2D eigenvalue weighted by molar-refractivity contribution is 0.0524. The highest BCUT2D eigenvalue weighted by atomic mass is 16.6. The Morgan fingerprint density at radius 2 is 1.81 bits per heavy atom. The van der Waals surface area contributed by atoms with Crippen molar-refractivity contribution >= 4 is 6.09 Å². The Labute approximate surface area is 98.5 Å². The highest BCUT2D eigenvalue weighted by molar-refractivity contribution is 5.67. The summed E-state index contributed by atoms with van der Waals surface area (Å²) in [5.74, 6) is 0. The number of nitrogens with zero attached hydrogens (tertiary/aromatic N) is 1. The Bertz CT molecular complexity index is 202. The minimum atomic E-state index is -0.428. The molecule has 0 rings (SSSR count). The Morgan fingerprint density at radius 3 is 2.31 bits per heavy atom. The molecule has 0 aromatic carbocycles. The fourth-order valence-electron chi connectivity index (χ4n) is 1.08. The van der Waals surface area contributed by atoms with Gasteiger partial charge in [-0.05, 0) is 34.9 Å². The van der Waals surface area contributed by atoms with E-state index >= 15 is 0 Å². The van der Waals surface area contributed by atoms with Crippen molar-refractivity contribution in [2.24, 2.45) is 0 Å². The molecule has 1 amide bonds. The maximum Gasteiger partial charge on any atom is 0.407 e. The van der Waals surface area contributed by atoms with Crippen LogP contribution in [-0.2, 0) is 4.74 Å². The van der Waals surface area contributed by atoms with E-state index in [0.717, 1.165) is 19.6 Å². The smallest absolute Gasteiger partial charge is 0.407 e. The van der Waals surface area contributed by atoms with Crippen LogP contribution in [0.1, 0.15) is 20.8 Å². The Kier molecular flexibility index (Phi) is 7.08. The molecule has 0 heterocycles. The summed E-state index contributed by atoms with van der Waals surface area (Å²) >= 11 is 0. The zero-order chi connectivity index (χ0) is 12.6. The topological polar surface area (TPSA) is 53.6 Å². The SMILES string of the molecule is CNCCN(C)CCNC(=O)OC(C)(C)C. The highest BCUT2D eigenvalue weighted by Gasteiger charge is 2.15. The van der Waals surface area contributed by atoms with Gasteiger partial charge in [-0.2, -0.15) is 0 Å². The molecule has 0 saturated carbocycles. The van der Waals surface area contributed by atoms with Crippen molar-refractivity contribution in [3.63, 3.8) is 0 Å². The van der Waals surface area contributed by atoms with Crippen molar-refractivity contribution in [2.75, 3.05) is 40.3 Å². The average molecular weight is 231 g/mol. The molecule has 5 heteroatoms. The van der Waals surface area contributed by atoms with Gasteiger partial charge in [-0.15, -0.1) is 0 Å². The zero-order valence-corrected chi connectivity index (χ0v) is 11.1. The van der Waals surface area contributed by atoms with Gasteiger partial charge in [0.15, 0.2) is 0 Å². The van der Waals surface area contributed by atoms with Crippen molar-refractivity contribution in [1.29, 1.82) is 0 Å². The van der Waals surface area contributed by atoms with E-state index in [1.807, 2.05) is 34.9 Å². The van der Waals surface area contributed by atoms with Gasteiger partial charge in [-0.25, -0.2) is 4.79 Å². The predicted molar refractivity (Wildman–Crippen MR) is 65.7 cm³/mol. The maximum absolute atomic E-state index is 11.3. The summed E-state index contributed by atoms with van der Waals surface area (Å²) in [4.78, 5) is 13.4. The molecule has 0 saturated heterocycles. The van der Waals surface area contributed by atoms with Gasteiger partial charge in [0, 0.05) is 26.2 Å². The second kappa shape index (κ2) is 7.46. The minimum Gasteiger partial charge on any atom is -0.444 e. The van der Waals surface area contributed by atoms with Crippen LogP contribution in [0.25, 0.3) is 0 Å². The first kappa shape index (κ1) is 15.2. The predicted octanol–water partition coefficient (Wildman–Crippen LogP) is 0.662. The summed E-state index contributed by atoms with van der Waals surface area (Å²) in [7, 11) is 3.95. The molecule has 0 fully saturated rings. The van der Waals surface area contributed by atoms with E-state index in [4.69, 9.17) is 4.74 Å². The largest absolute Gasteiger partial charge is 0.444 e. The van der Waals surface area contributed by atoms with Crippen molar-refractivity contribution in [3.8, 4) is 0 Å². The monoisotopic (exact) mass is 231 g/mol. The number of rotatable bonds is 6. The molecular formula is C11H25N3O2. The number of nitrogens with one attached hydrogen (secondary N) is 2. The zero-order valence-electron chi connectivity index (χ0n) is 11.1. The highest BCUT2D eigenvalue weighted by Crippen LogP contribution is 2.05. The molecule has 0 aliphatic heterocycles. The van der Waals surface area contributed by atoms with Crippen LogP contribution in [-0.4, -0.2) is 56.9 Å². The molecule has 0 radical (unpaired) electrons. The molecule has 0 unspecified atom stereocenters. The minimum absolute atomic E-state index is 0.352. The third kappa shape index (κ3) is 9.73. The number of hydrogen-bond acceptors (Lipinski definition) is 4. The molecule has 5 nitrogen and oxygen atoms in total. The molecule has 0 atom stereocenters. The Hall–Kier alpha value is -0.810. The molecule has 2 N–H and O–H groups in total. The molecule has 0 spiro atoms. The van der Waals surface area contributed by atoms with E-state index in [0.29, 0.717) is 6.54 Å². The first-order valence-electron chi connectivity index (χ1n) is 5.65. The van der Waals surface area contributed by atoms with Gasteiger partial charge < -0.3 is 20.3 Å². The van der Waals surface area contributed by atoms with Crippen molar-refractivity contribution < 1.29 is 9.53 Å². The quantitative estimate of drug-likeness (QED) is 0.705. The van der Waals surface area contributed by atoms with E-state index in [2.05, 4.69) is 15.5 Å². The number of hydrogen-bond donors (Lipinski definition) is 2. The van der Waals surface area contributed by atoms with E-state index in [1.165, 1.54) is 0 Å². The molecule has 0 aromatic rings. The lowest BCUT2D eigenvalue weighted by atomic mass is 10.2. The lowest BCUT2D eigenvalue weighted by Crippen LogP contribution is -2.38. The number of likely N-dealkylation sites (N-methyl/N-ethyl adjacent to an activating group) is 2. The summed E-state index contributed by atoms with van der Waals surface area (Å²) in [5, 5.41) is 5.80. The van der Waals surface area contributed by atoms with Gasteiger partial charge >= 0.3 is 6.09 Å². The normalized spacial score (nSPS) is 11.6. The van der Waals surface area contributed by atoms with Gasteiger partial charge in [0.1, 0.15) is 5.60 Å². The van der Waals surface area contributed by atoms with Gasteiger partial charge in [-0.1, -0.05) is 0 Å². The van der Waals surface area contributed by atoms with Crippen LogP contribution >= 0.6 is 0 Å². The summed E-state index contributed by atoms with van der Waals surface area (Å²) < 4.78 is 5.12. The summed E-state index contributed by atoms with van der Waals surface area (Å²) in [5.41, 5.74) is -0.428. The van der Waals surface area contributed by atoms with Crippen LogP contribution in [0, 0.1) is 0 Å². The number of alkyl carbamates (subject to hydrolysis) is 1. The van der Waals surface area contributed by atoms with Crippen LogP contribution in [0.15, 0.2) is 0 Å². The summed E-state index contributed by atoms with van der Waals surface area (Å²) in [6.45, 7) is 8.90. The fourth-order valence-corrected chi connectivity index (χ4v) is 1.08. The second-order valence-corrected chi connectivity index (χ2v) is 4.84. The van der Waals surface area contributed by atoms with Crippen LogP contribution in [0.3, 0.4) is 0 Å². The van der Waals surface area contributed by atoms with Crippen molar-refractivity contribution in [1.82, 2.24) is 15.5 Å². The molecule has 96 valence electrons. The number of carbonyl (C=O) groups is 1. The van der Waals surface area contributed by atoms with Gasteiger partial charge in [0.25, 0.3) is 0 Å². The molecule has 0 bridgehead atoms. The lowest BCUT2D eigenvalue weighted by Gasteiger charge is -2.21. The van der Waals surface area contributed by atoms with Crippen LogP contribution in [0.2, 0.25) is 0 Å². The average Bonchev–Trinajstić information content (AvgIpc) is 2.11. The van der Waals surface area contributed by atoms with Gasteiger partial charge in [-0.3, -0.25) is 0 Å². The van der Waals surface area contributed by atoms with Crippen LogP contribution in [0.4, 0.5) is 4.79 Å². The van der Waals surface area contributed by atoms with E-state index in [9.17, 15) is 4.79 Å². The van der Waals surface area contributed by atoms with E-state index in [1.54, 1.807) is 0 Å². The van der Waals surface area contributed by atoms with E-state index in [-0.39, 0.29) is 6.09 Å². The van der Waals surface area contributed by atoms with Gasteiger partial charge in [0.2, 0.25) is 0 Å². The fraction of sp³-hybridized carbons (Fsp3) is 0.909. The third-order valence-electron chi connectivity index (χ3n) is 1.91. The van der Waals surface area contributed by atoms with Gasteiger partial charge in [0.05, 0.1) is 0 Å². The van der Waals surface area contributed by atoms with Crippen LogP contribution in [0.5, 0.6) is 0 Å². The van der Waals surface area contributed by atoms with Crippen LogP contribution < -0.4 is 10.6 Å². The Morgan fingerprint density at radius 1 is 1.25 bits per heavy atom. The Balaban J connectivity index is 3.54. The third-order valence-corrected chi connectivity index (χ3v) is 1.91. The summed E-state index contributed by atoms with van der Waals surface area (Å²) in [6, 6.07) is 0. The number of carbonyl (C=O) groups excluding carboxylic acids is 1. The molecule has 16 heavy (non-hydrogen) atoms. The first-order valence-corrected chi connectivity index (χ1v) is 5.65. The van der Waals surface area contributed by atoms with Crippen molar-refractivity contribution in [3.05, 3.63) is 0 Å². The molecule has 0 aliphatic rings. The maximum atomic E-state index is 11.3. The van der Waals surface area contributed by atoms with Crippen molar-refractivity contribution in [2.45, 2.75) is 26.4 Å². The van der Waals surface area contributed by atoms with E-state index < -0.39 is 5.60 Å². The summed E-state index contributed by atoms with van der Waals surface area (Å²) in [6.07, 6.45) is -0.352. The first-order chi connectivity index (χ1) is 7.35. The standard InChI is InChI=1S/C11H25N3O2/c1-11(2,3)16-10(15)13-7-9-14(5)8-6-12-4/h12H,6-9H2,1-5H3,(H,13,15).